The molecule has 2 N–H and O–H groups in total. The van der Waals surface area contributed by atoms with Gasteiger partial charge in [-0.15, -0.1) is 0 Å². The van der Waals surface area contributed by atoms with Crippen LogP contribution in [0.3, 0.4) is 0 Å². The van der Waals surface area contributed by atoms with Crippen molar-refractivity contribution in [1.82, 2.24) is 10.6 Å². The van der Waals surface area contributed by atoms with Gasteiger partial charge in [0.25, 0.3) is 0 Å². The molecule has 1 heterocycles. The molecule has 1 aliphatic heterocycles. The average Bonchev–Trinajstić information content (AvgIpc) is 2.76. The highest BCUT2D eigenvalue weighted by Crippen LogP contribution is 2.05. The average molecular weight is 232 g/mol. The summed E-state index contributed by atoms with van der Waals surface area (Å²) in [5.74, 6) is 0. The molecule has 4 nitrogen and oxygen atoms in total. The molecule has 1 aliphatic rings. The zero-order chi connectivity index (χ0) is 13.0. The summed E-state index contributed by atoms with van der Waals surface area (Å²) in [5, 5.41) is 5.58. The Hall–Kier alpha value is -0.770. The van der Waals surface area contributed by atoms with Crippen molar-refractivity contribution in [3.63, 3.8) is 0 Å². The summed E-state index contributed by atoms with van der Waals surface area (Å²) < 4.78 is 4.84. The van der Waals surface area contributed by atoms with Gasteiger partial charge in [-0.25, -0.2) is 4.79 Å². The molecule has 16 heavy (non-hydrogen) atoms. The van der Waals surface area contributed by atoms with Crippen molar-refractivity contribution in [2.75, 3.05) is 20.1 Å². The number of hydrogen-bond acceptors (Lipinski definition) is 3. The number of rotatable bonds is 0. The van der Waals surface area contributed by atoms with Gasteiger partial charge >= 0.3 is 6.09 Å². The number of alkyl carbamates (subject to hydrolysis) is 1. The fourth-order valence-corrected chi connectivity index (χ4v) is 0.954. The molecule has 0 bridgehead atoms. The van der Waals surface area contributed by atoms with Crippen LogP contribution < -0.4 is 10.6 Å². The van der Waals surface area contributed by atoms with E-state index in [0.29, 0.717) is 0 Å². The summed E-state index contributed by atoms with van der Waals surface area (Å²) in [7, 11) is 1.54. The Bertz CT molecular complexity index is 153. The molecule has 0 aromatic heterocycles. The number of carbonyl (C=O) groups is 1. The minimum absolute atomic E-state index is 0.387. The van der Waals surface area contributed by atoms with Gasteiger partial charge in [-0.1, -0.05) is 13.8 Å². The van der Waals surface area contributed by atoms with E-state index in [1.165, 1.54) is 33.0 Å². The summed E-state index contributed by atoms with van der Waals surface area (Å²) in [6.07, 6.45) is 2.39. The van der Waals surface area contributed by atoms with Gasteiger partial charge in [0.15, 0.2) is 0 Å². The van der Waals surface area contributed by atoms with E-state index in [1.807, 2.05) is 34.6 Å². The van der Waals surface area contributed by atoms with Crippen LogP contribution in [0, 0.1) is 0 Å². The standard InChI is InChI=1S/C6H13NO2.C4H9N.C2H6/c1-6(2,3)9-5(8)7-4;1-2-4-5-3-1;1-2/h1-4H3,(H,7,8);5H,1-4H2;1-2H3. The maximum Gasteiger partial charge on any atom is 0.407 e. The number of hydrogen-bond donors (Lipinski definition) is 2. The van der Waals surface area contributed by atoms with E-state index in [4.69, 9.17) is 4.74 Å². The van der Waals surface area contributed by atoms with Gasteiger partial charge in [0.05, 0.1) is 0 Å². The van der Waals surface area contributed by atoms with E-state index >= 15 is 0 Å². The monoisotopic (exact) mass is 232 g/mol. The molecule has 0 aliphatic carbocycles. The normalized spacial score (nSPS) is 13.9. The van der Waals surface area contributed by atoms with E-state index in [2.05, 4.69) is 10.6 Å². The third-order valence-electron chi connectivity index (χ3n) is 1.56. The Morgan fingerprint density at radius 3 is 1.75 bits per heavy atom. The van der Waals surface area contributed by atoms with E-state index in [1.54, 1.807) is 0 Å². The van der Waals surface area contributed by atoms with Crippen molar-refractivity contribution in [1.29, 1.82) is 0 Å². The van der Waals surface area contributed by atoms with E-state index in [0.717, 1.165) is 0 Å². The van der Waals surface area contributed by atoms with Crippen molar-refractivity contribution in [3.8, 4) is 0 Å². The zero-order valence-electron chi connectivity index (χ0n) is 11.6. The Morgan fingerprint density at radius 2 is 1.62 bits per heavy atom. The van der Waals surface area contributed by atoms with Crippen LogP contribution in [-0.4, -0.2) is 31.8 Å². The Balaban J connectivity index is 0. The molecule has 0 saturated carbocycles. The molecule has 1 rings (SSSR count). The molecule has 0 radical (unpaired) electrons. The lowest BCUT2D eigenvalue weighted by Crippen LogP contribution is -2.30. The van der Waals surface area contributed by atoms with Crippen LogP contribution in [0.5, 0.6) is 0 Å². The number of ether oxygens (including phenoxy) is 1. The predicted molar refractivity (Wildman–Crippen MR) is 68.7 cm³/mol. The first-order valence-corrected chi connectivity index (χ1v) is 6.07. The fourth-order valence-electron chi connectivity index (χ4n) is 0.954. The first-order chi connectivity index (χ1) is 7.45. The zero-order valence-corrected chi connectivity index (χ0v) is 11.6. The van der Waals surface area contributed by atoms with Crippen LogP contribution in [-0.2, 0) is 4.74 Å². The summed E-state index contributed by atoms with van der Waals surface area (Å²) in [5.41, 5.74) is -0.389. The van der Waals surface area contributed by atoms with Gasteiger partial charge in [-0.3, -0.25) is 0 Å². The lowest BCUT2D eigenvalue weighted by atomic mass is 10.2. The fraction of sp³-hybridized carbons (Fsp3) is 0.917. The van der Waals surface area contributed by atoms with Gasteiger partial charge in [0.1, 0.15) is 5.60 Å². The smallest absolute Gasteiger partial charge is 0.407 e. The van der Waals surface area contributed by atoms with Crippen molar-refractivity contribution >= 4 is 6.09 Å². The molecule has 98 valence electrons. The van der Waals surface area contributed by atoms with Crippen molar-refractivity contribution < 1.29 is 9.53 Å². The molecule has 0 atom stereocenters. The summed E-state index contributed by atoms with van der Waals surface area (Å²) in [4.78, 5) is 10.5. The summed E-state index contributed by atoms with van der Waals surface area (Å²) >= 11 is 0. The summed E-state index contributed by atoms with van der Waals surface area (Å²) in [6, 6.07) is 0. The van der Waals surface area contributed by atoms with Crippen molar-refractivity contribution in [2.24, 2.45) is 0 Å². The Labute approximate surface area is 100 Å². The van der Waals surface area contributed by atoms with Crippen LogP contribution >= 0.6 is 0 Å². The van der Waals surface area contributed by atoms with E-state index in [9.17, 15) is 4.79 Å². The molecule has 1 fully saturated rings. The molecule has 0 aromatic rings. The first-order valence-electron chi connectivity index (χ1n) is 6.07. The van der Waals surface area contributed by atoms with Gasteiger partial charge in [0.2, 0.25) is 0 Å². The van der Waals surface area contributed by atoms with Crippen LogP contribution in [0.1, 0.15) is 47.5 Å². The first kappa shape index (κ1) is 17.6. The molecule has 0 aromatic carbocycles. The highest BCUT2D eigenvalue weighted by atomic mass is 16.6. The highest BCUT2D eigenvalue weighted by molar-refractivity contribution is 5.67. The van der Waals surface area contributed by atoms with Gasteiger partial charge < -0.3 is 15.4 Å². The van der Waals surface area contributed by atoms with Gasteiger partial charge in [-0.2, -0.15) is 0 Å². The second-order valence-electron chi connectivity index (χ2n) is 4.21. The van der Waals surface area contributed by atoms with Crippen LogP contribution in [0.15, 0.2) is 0 Å². The number of amides is 1. The van der Waals surface area contributed by atoms with Gasteiger partial charge in [0, 0.05) is 7.05 Å². The van der Waals surface area contributed by atoms with Gasteiger partial charge in [-0.05, 0) is 46.7 Å². The number of nitrogens with one attached hydrogen (secondary N) is 2. The Kier molecular flexibility index (Phi) is 11.8. The molecular formula is C12H28N2O2. The maximum absolute atomic E-state index is 10.5. The molecule has 4 heteroatoms. The largest absolute Gasteiger partial charge is 0.444 e. The predicted octanol–water partition coefficient (Wildman–Crippen LogP) is 2.54. The highest BCUT2D eigenvalue weighted by Gasteiger charge is 2.13. The van der Waals surface area contributed by atoms with Crippen molar-refractivity contribution in [3.05, 3.63) is 0 Å². The molecule has 0 spiro atoms. The number of carbonyl (C=O) groups excluding carboxylic acids is 1. The van der Waals surface area contributed by atoms with E-state index in [-0.39, 0.29) is 11.7 Å². The molecule has 0 unspecified atom stereocenters. The lowest BCUT2D eigenvalue weighted by Gasteiger charge is -2.18. The lowest BCUT2D eigenvalue weighted by molar-refractivity contribution is 0.0541. The SMILES string of the molecule is C1CCNC1.CC.CNC(=O)OC(C)(C)C. The van der Waals surface area contributed by atoms with E-state index < -0.39 is 0 Å². The second-order valence-corrected chi connectivity index (χ2v) is 4.21. The molecular weight excluding hydrogens is 204 g/mol. The third kappa shape index (κ3) is 15.7. The van der Waals surface area contributed by atoms with Crippen LogP contribution in [0.25, 0.3) is 0 Å². The topological polar surface area (TPSA) is 50.4 Å². The van der Waals surface area contributed by atoms with Crippen LogP contribution in [0.4, 0.5) is 4.79 Å². The maximum atomic E-state index is 10.5. The Morgan fingerprint density at radius 1 is 1.19 bits per heavy atom. The third-order valence-corrected chi connectivity index (χ3v) is 1.56. The minimum atomic E-state index is -0.389. The minimum Gasteiger partial charge on any atom is -0.444 e. The molecule has 1 saturated heterocycles. The second kappa shape index (κ2) is 10.7. The molecule has 1 amide bonds. The summed E-state index contributed by atoms with van der Waals surface area (Å²) in [6.45, 7) is 12.0. The quantitative estimate of drug-likeness (QED) is 0.675. The van der Waals surface area contributed by atoms with Crippen molar-refractivity contribution in [2.45, 2.75) is 53.1 Å². The van der Waals surface area contributed by atoms with Crippen LogP contribution in [0.2, 0.25) is 0 Å².